The standard InChI is InChI=1S/C12H19FN4O2/c1-8(2)19-11-3-4-17(7-10(11)13)12(18)5-9-6-14-16-15-9/h6,8,10-11H,3-5,7H2,1-2H3,(H,14,15,16)/t10-,11+/m1/s1. The van der Waals surface area contributed by atoms with Crippen LogP contribution >= 0.6 is 0 Å². The number of rotatable bonds is 4. The van der Waals surface area contributed by atoms with E-state index in [1.165, 1.54) is 11.1 Å². The number of nitrogens with one attached hydrogen (secondary N) is 1. The summed E-state index contributed by atoms with van der Waals surface area (Å²) in [5, 5.41) is 9.91. The zero-order chi connectivity index (χ0) is 13.8. The van der Waals surface area contributed by atoms with Crippen LogP contribution in [0.4, 0.5) is 4.39 Å². The number of halogens is 1. The molecule has 0 aliphatic carbocycles. The zero-order valence-electron chi connectivity index (χ0n) is 11.2. The molecule has 2 atom stereocenters. The van der Waals surface area contributed by atoms with Gasteiger partial charge < -0.3 is 9.64 Å². The Morgan fingerprint density at radius 3 is 3.05 bits per heavy atom. The molecule has 0 bridgehead atoms. The van der Waals surface area contributed by atoms with E-state index in [1.54, 1.807) is 0 Å². The second kappa shape index (κ2) is 6.10. The molecule has 1 aromatic heterocycles. The van der Waals surface area contributed by atoms with Gasteiger partial charge in [-0.15, -0.1) is 0 Å². The van der Waals surface area contributed by atoms with Gasteiger partial charge in [-0.3, -0.25) is 4.79 Å². The van der Waals surface area contributed by atoms with Crippen LogP contribution in [0.5, 0.6) is 0 Å². The maximum absolute atomic E-state index is 13.9. The summed E-state index contributed by atoms with van der Waals surface area (Å²) in [7, 11) is 0. The van der Waals surface area contributed by atoms with E-state index in [0.717, 1.165) is 0 Å². The van der Waals surface area contributed by atoms with Gasteiger partial charge in [-0.1, -0.05) is 0 Å². The van der Waals surface area contributed by atoms with Crippen LogP contribution in [0.1, 0.15) is 26.0 Å². The highest BCUT2D eigenvalue weighted by molar-refractivity contribution is 5.78. The lowest BCUT2D eigenvalue weighted by molar-refractivity contribution is -0.137. The summed E-state index contributed by atoms with van der Waals surface area (Å²) < 4.78 is 19.4. The molecule has 0 unspecified atom stereocenters. The molecule has 1 amide bonds. The molecule has 1 aliphatic heterocycles. The third-order valence-electron chi connectivity index (χ3n) is 3.08. The van der Waals surface area contributed by atoms with Crippen molar-refractivity contribution in [2.75, 3.05) is 13.1 Å². The van der Waals surface area contributed by atoms with Gasteiger partial charge in [0, 0.05) is 6.54 Å². The van der Waals surface area contributed by atoms with Gasteiger partial charge in [-0.25, -0.2) is 4.39 Å². The largest absolute Gasteiger partial charge is 0.372 e. The number of hydrogen-bond acceptors (Lipinski definition) is 4. The minimum atomic E-state index is -1.13. The van der Waals surface area contributed by atoms with Crippen molar-refractivity contribution in [3.05, 3.63) is 11.9 Å². The number of amides is 1. The molecule has 1 aromatic rings. The summed E-state index contributed by atoms with van der Waals surface area (Å²) in [4.78, 5) is 13.5. The summed E-state index contributed by atoms with van der Waals surface area (Å²) in [6, 6.07) is 0. The fraction of sp³-hybridized carbons (Fsp3) is 0.750. The van der Waals surface area contributed by atoms with E-state index in [2.05, 4.69) is 15.4 Å². The third-order valence-corrected chi connectivity index (χ3v) is 3.08. The molecule has 1 fully saturated rings. The Balaban J connectivity index is 1.85. The number of aromatic amines is 1. The number of aromatic nitrogens is 3. The van der Waals surface area contributed by atoms with Crippen LogP contribution in [0.2, 0.25) is 0 Å². The number of carbonyl (C=O) groups excluding carboxylic acids is 1. The number of carbonyl (C=O) groups is 1. The van der Waals surface area contributed by atoms with Gasteiger partial charge in [-0.2, -0.15) is 15.4 Å². The number of likely N-dealkylation sites (tertiary alicyclic amines) is 1. The highest BCUT2D eigenvalue weighted by Gasteiger charge is 2.32. The molecule has 106 valence electrons. The van der Waals surface area contributed by atoms with Crippen molar-refractivity contribution in [1.29, 1.82) is 0 Å². The molecule has 1 saturated heterocycles. The molecular formula is C12H19FN4O2. The minimum absolute atomic E-state index is 0.000585. The molecule has 0 aromatic carbocycles. The zero-order valence-corrected chi connectivity index (χ0v) is 11.2. The molecular weight excluding hydrogens is 251 g/mol. The Kier molecular flexibility index (Phi) is 4.47. The molecule has 2 heterocycles. The van der Waals surface area contributed by atoms with E-state index in [-0.39, 0.29) is 25.0 Å². The Labute approximate surface area is 111 Å². The van der Waals surface area contributed by atoms with Crippen LogP contribution in [0.25, 0.3) is 0 Å². The molecule has 19 heavy (non-hydrogen) atoms. The lowest BCUT2D eigenvalue weighted by Gasteiger charge is -2.35. The molecule has 0 spiro atoms. The van der Waals surface area contributed by atoms with Crippen molar-refractivity contribution in [3.8, 4) is 0 Å². The van der Waals surface area contributed by atoms with E-state index in [0.29, 0.717) is 18.7 Å². The van der Waals surface area contributed by atoms with Crippen molar-refractivity contribution in [2.24, 2.45) is 0 Å². The number of alkyl halides is 1. The minimum Gasteiger partial charge on any atom is -0.372 e. The maximum Gasteiger partial charge on any atom is 0.228 e. The number of H-pyrrole nitrogens is 1. The van der Waals surface area contributed by atoms with Crippen LogP contribution in [-0.4, -0.2) is 57.7 Å². The fourth-order valence-corrected chi connectivity index (χ4v) is 2.19. The van der Waals surface area contributed by atoms with E-state index in [9.17, 15) is 9.18 Å². The molecule has 6 nitrogen and oxygen atoms in total. The summed E-state index contributed by atoms with van der Waals surface area (Å²) in [5.41, 5.74) is 0.570. The first-order valence-corrected chi connectivity index (χ1v) is 6.48. The third kappa shape index (κ3) is 3.73. The average Bonchev–Trinajstić information content (AvgIpc) is 2.84. The normalized spacial score (nSPS) is 23.9. The van der Waals surface area contributed by atoms with E-state index in [4.69, 9.17) is 4.74 Å². The first-order valence-electron chi connectivity index (χ1n) is 6.48. The molecule has 0 saturated carbocycles. The van der Waals surface area contributed by atoms with E-state index < -0.39 is 12.3 Å². The van der Waals surface area contributed by atoms with Crippen molar-refractivity contribution in [1.82, 2.24) is 20.3 Å². The quantitative estimate of drug-likeness (QED) is 0.874. The molecule has 7 heteroatoms. The van der Waals surface area contributed by atoms with Gasteiger partial charge >= 0.3 is 0 Å². The number of nitrogens with zero attached hydrogens (tertiary/aromatic N) is 3. The summed E-state index contributed by atoms with van der Waals surface area (Å²) in [6.07, 6.45) is 0.650. The van der Waals surface area contributed by atoms with Crippen molar-refractivity contribution >= 4 is 5.91 Å². The predicted octanol–water partition coefficient (Wildman–Crippen LogP) is 0.711. The number of ether oxygens (including phenoxy) is 1. The van der Waals surface area contributed by atoms with Crippen LogP contribution in [0.15, 0.2) is 6.20 Å². The van der Waals surface area contributed by atoms with Gasteiger partial charge in [0.05, 0.1) is 37.1 Å². The second-order valence-corrected chi connectivity index (χ2v) is 5.01. The Hall–Kier alpha value is -1.50. The SMILES string of the molecule is CC(C)O[C@H]1CCN(C(=O)Cc2cn[nH]n2)C[C@H]1F. The lowest BCUT2D eigenvalue weighted by atomic mass is 10.0. The van der Waals surface area contributed by atoms with Crippen LogP contribution < -0.4 is 0 Å². The van der Waals surface area contributed by atoms with Gasteiger partial charge in [0.25, 0.3) is 0 Å². The first kappa shape index (κ1) is 13.9. The van der Waals surface area contributed by atoms with Gasteiger partial charge in [-0.05, 0) is 20.3 Å². The van der Waals surface area contributed by atoms with Gasteiger partial charge in [0.15, 0.2) is 0 Å². The molecule has 0 radical (unpaired) electrons. The van der Waals surface area contributed by atoms with E-state index >= 15 is 0 Å². The Bertz CT molecular complexity index is 410. The highest BCUT2D eigenvalue weighted by Crippen LogP contribution is 2.19. The predicted molar refractivity (Wildman–Crippen MR) is 66.2 cm³/mol. The van der Waals surface area contributed by atoms with Crippen molar-refractivity contribution < 1.29 is 13.9 Å². The second-order valence-electron chi connectivity index (χ2n) is 5.01. The first-order chi connectivity index (χ1) is 9.06. The Morgan fingerprint density at radius 2 is 2.47 bits per heavy atom. The monoisotopic (exact) mass is 270 g/mol. The van der Waals surface area contributed by atoms with Gasteiger partial charge in [0.1, 0.15) is 6.17 Å². The molecule has 1 aliphatic rings. The average molecular weight is 270 g/mol. The van der Waals surface area contributed by atoms with Crippen LogP contribution in [0.3, 0.4) is 0 Å². The van der Waals surface area contributed by atoms with Gasteiger partial charge in [0.2, 0.25) is 5.91 Å². The fourth-order valence-electron chi connectivity index (χ4n) is 2.19. The summed E-state index contributed by atoms with van der Waals surface area (Å²) in [6.45, 7) is 4.38. The number of piperidine rings is 1. The number of hydrogen-bond donors (Lipinski definition) is 1. The molecule has 1 N–H and O–H groups in total. The highest BCUT2D eigenvalue weighted by atomic mass is 19.1. The van der Waals surface area contributed by atoms with E-state index in [1.807, 2.05) is 13.8 Å². The van der Waals surface area contributed by atoms with Crippen molar-refractivity contribution in [3.63, 3.8) is 0 Å². The smallest absolute Gasteiger partial charge is 0.228 e. The van der Waals surface area contributed by atoms with Crippen LogP contribution in [0, 0.1) is 0 Å². The summed E-state index contributed by atoms with van der Waals surface area (Å²) in [5.74, 6) is -0.125. The van der Waals surface area contributed by atoms with Crippen LogP contribution in [-0.2, 0) is 16.0 Å². The Morgan fingerprint density at radius 1 is 1.68 bits per heavy atom. The topological polar surface area (TPSA) is 71.1 Å². The maximum atomic E-state index is 13.9. The summed E-state index contributed by atoms with van der Waals surface area (Å²) >= 11 is 0. The molecule has 2 rings (SSSR count). The van der Waals surface area contributed by atoms with Crippen molar-refractivity contribution in [2.45, 2.75) is 45.1 Å². The lowest BCUT2D eigenvalue weighted by Crippen LogP contribution is -2.49.